The summed E-state index contributed by atoms with van der Waals surface area (Å²) < 4.78 is 0. The molecular weight excluding hydrogens is 294 g/mol. The number of carboxylic acids is 1. The third-order valence-corrected chi connectivity index (χ3v) is 3.86. The highest BCUT2D eigenvalue weighted by Gasteiger charge is 2.21. The zero-order valence-electron chi connectivity index (χ0n) is 11.2. The molecular formula is C13H13N3O4S. The predicted molar refractivity (Wildman–Crippen MR) is 79.1 cm³/mol. The summed E-state index contributed by atoms with van der Waals surface area (Å²) in [6.07, 6.45) is 1.87. The number of pyridine rings is 1. The number of hydrogen-bond donors (Lipinski definition) is 1. The summed E-state index contributed by atoms with van der Waals surface area (Å²) in [5.41, 5.74) is -0.499. The molecule has 7 nitrogen and oxygen atoms in total. The molecule has 0 aromatic carbocycles. The minimum absolute atomic E-state index is 0.168. The predicted octanol–water partition coefficient (Wildman–Crippen LogP) is 2.43. The van der Waals surface area contributed by atoms with Gasteiger partial charge in [-0.15, -0.1) is 11.3 Å². The third-order valence-electron chi connectivity index (χ3n) is 2.93. The van der Waals surface area contributed by atoms with E-state index in [1.807, 2.05) is 17.5 Å². The number of nitrogens with zero attached hydrogens (tertiary/aromatic N) is 3. The van der Waals surface area contributed by atoms with E-state index in [1.54, 1.807) is 23.3 Å². The zero-order chi connectivity index (χ0) is 15.4. The Morgan fingerprint density at radius 3 is 2.90 bits per heavy atom. The summed E-state index contributed by atoms with van der Waals surface area (Å²) >= 11 is 1.62. The minimum atomic E-state index is -1.24. The van der Waals surface area contributed by atoms with Crippen LogP contribution in [0.15, 0.2) is 29.8 Å². The largest absolute Gasteiger partial charge is 0.478 e. The standard InChI is InChI=1S/C13H13N3O4S/c1-15(5-4-10-3-2-6-21-10)12-11(16(19)20)7-9(8-14-12)13(17)18/h2-3,6-8H,4-5H2,1H3,(H,17,18). The highest BCUT2D eigenvalue weighted by Crippen LogP contribution is 2.26. The van der Waals surface area contributed by atoms with Gasteiger partial charge < -0.3 is 10.0 Å². The lowest BCUT2D eigenvalue weighted by Crippen LogP contribution is -2.22. The summed E-state index contributed by atoms with van der Waals surface area (Å²) in [6.45, 7) is 0.556. The number of aromatic nitrogens is 1. The Labute approximate surface area is 124 Å². The van der Waals surface area contributed by atoms with E-state index >= 15 is 0 Å². The van der Waals surface area contributed by atoms with Gasteiger partial charge in [-0.25, -0.2) is 9.78 Å². The topological polar surface area (TPSA) is 96.6 Å². The first kappa shape index (κ1) is 14.9. The highest BCUT2D eigenvalue weighted by molar-refractivity contribution is 7.09. The molecule has 1 N–H and O–H groups in total. The van der Waals surface area contributed by atoms with Crippen molar-refractivity contribution < 1.29 is 14.8 Å². The number of likely N-dealkylation sites (N-methyl/N-ethyl adjacent to an activating group) is 1. The van der Waals surface area contributed by atoms with Gasteiger partial charge in [-0.05, 0) is 17.9 Å². The summed E-state index contributed by atoms with van der Waals surface area (Å²) in [5.74, 6) is -1.07. The Balaban J connectivity index is 2.21. The van der Waals surface area contributed by atoms with Crippen molar-refractivity contribution in [3.05, 3.63) is 50.3 Å². The quantitative estimate of drug-likeness (QED) is 0.650. The van der Waals surface area contributed by atoms with Gasteiger partial charge in [0, 0.05) is 30.7 Å². The Bertz CT molecular complexity index is 657. The van der Waals surface area contributed by atoms with Crippen LogP contribution < -0.4 is 4.90 Å². The van der Waals surface area contributed by atoms with Gasteiger partial charge in [0.1, 0.15) is 0 Å². The number of rotatable bonds is 6. The molecule has 0 fully saturated rings. The molecule has 8 heteroatoms. The Hall–Kier alpha value is -2.48. The lowest BCUT2D eigenvalue weighted by atomic mass is 10.2. The van der Waals surface area contributed by atoms with Crippen LogP contribution in [0.5, 0.6) is 0 Å². The van der Waals surface area contributed by atoms with Gasteiger partial charge in [0.05, 0.1) is 10.5 Å². The fourth-order valence-electron chi connectivity index (χ4n) is 1.83. The van der Waals surface area contributed by atoms with Crippen LogP contribution in [0.25, 0.3) is 0 Å². The van der Waals surface area contributed by atoms with Crippen molar-refractivity contribution in [1.82, 2.24) is 4.98 Å². The van der Waals surface area contributed by atoms with Crippen molar-refractivity contribution >= 4 is 28.8 Å². The van der Waals surface area contributed by atoms with E-state index in [9.17, 15) is 14.9 Å². The smallest absolute Gasteiger partial charge is 0.337 e. The van der Waals surface area contributed by atoms with Gasteiger partial charge in [-0.1, -0.05) is 6.07 Å². The van der Waals surface area contributed by atoms with Crippen LogP contribution in [0.2, 0.25) is 0 Å². The van der Waals surface area contributed by atoms with Crippen molar-refractivity contribution in [3.63, 3.8) is 0 Å². The summed E-state index contributed by atoms with van der Waals surface area (Å²) in [5, 5.41) is 21.9. The Morgan fingerprint density at radius 2 is 2.33 bits per heavy atom. The van der Waals surface area contributed by atoms with Gasteiger partial charge in [-0.3, -0.25) is 10.1 Å². The van der Waals surface area contributed by atoms with Crippen molar-refractivity contribution in [1.29, 1.82) is 0 Å². The van der Waals surface area contributed by atoms with E-state index in [-0.39, 0.29) is 17.1 Å². The molecule has 0 aliphatic carbocycles. The molecule has 0 radical (unpaired) electrons. The number of carbonyl (C=O) groups is 1. The average Bonchev–Trinajstić information content (AvgIpc) is 2.97. The molecule has 0 unspecified atom stereocenters. The first-order valence-electron chi connectivity index (χ1n) is 6.10. The van der Waals surface area contributed by atoms with Crippen molar-refractivity contribution in [2.75, 3.05) is 18.5 Å². The van der Waals surface area contributed by atoms with Crippen molar-refractivity contribution in [3.8, 4) is 0 Å². The van der Waals surface area contributed by atoms with E-state index in [0.717, 1.165) is 18.7 Å². The first-order valence-corrected chi connectivity index (χ1v) is 6.98. The number of nitro groups is 1. The van der Waals surface area contributed by atoms with E-state index in [1.165, 1.54) is 4.88 Å². The number of thiophene rings is 1. The molecule has 2 aromatic heterocycles. The number of aromatic carboxylic acids is 1. The van der Waals surface area contributed by atoms with Crippen LogP contribution in [0.4, 0.5) is 11.5 Å². The van der Waals surface area contributed by atoms with Crippen LogP contribution in [-0.4, -0.2) is 34.6 Å². The van der Waals surface area contributed by atoms with E-state index in [0.29, 0.717) is 6.54 Å². The Morgan fingerprint density at radius 1 is 1.57 bits per heavy atom. The average molecular weight is 307 g/mol. The van der Waals surface area contributed by atoms with Gasteiger partial charge in [0.15, 0.2) is 0 Å². The van der Waals surface area contributed by atoms with E-state index in [2.05, 4.69) is 4.98 Å². The second kappa shape index (κ2) is 6.31. The van der Waals surface area contributed by atoms with Crippen molar-refractivity contribution in [2.24, 2.45) is 0 Å². The Kier molecular flexibility index (Phi) is 4.49. The molecule has 0 spiro atoms. The fraction of sp³-hybridized carbons (Fsp3) is 0.231. The lowest BCUT2D eigenvalue weighted by molar-refractivity contribution is -0.384. The summed E-state index contributed by atoms with van der Waals surface area (Å²) in [4.78, 5) is 28.1. The SMILES string of the molecule is CN(CCc1cccs1)c1ncc(C(=O)O)cc1[N+](=O)[O-]. The lowest BCUT2D eigenvalue weighted by Gasteiger charge is -2.17. The molecule has 0 saturated heterocycles. The molecule has 2 rings (SSSR count). The van der Waals surface area contributed by atoms with Crippen LogP contribution in [0.3, 0.4) is 0 Å². The summed E-state index contributed by atoms with van der Waals surface area (Å²) in [7, 11) is 1.70. The molecule has 110 valence electrons. The monoisotopic (exact) mass is 307 g/mol. The van der Waals surface area contributed by atoms with Gasteiger partial charge in [-0.2, -0.15) is 0 Å². The molecule has 0 atom stereocenters. The second-order valence-electron chi connectivity index (χ2n) is 4.38. The molecule has 2 aromatic rings. The second-order valence-corrected chi connectivity index (χ2v) is 5.41. The zero-order valence-corrected chi connectivity index (χ0v) is 12.0. The van der Waals surface area contributed by atoms with Crippen LogP contribution in [0, 0.1) is 10.1 Å². The number of anilines is 1. The molecule has 21 heavy (non-hydrogen) atoms. The van der Waals surface area contributed by atoms with Crippen LogP contribution in [-0.2, 0) is 6.42 Å². The maximum absolute atomic E-state index is 11.1. The van der Waals surface area contributed by atoms with Gasteiger partial charge in [0.2, 0.25) is 5.82 Å². The van der Waals surface area contributed by atoms with Crippen molar-refractivity contribution in [2.45, 2.75) is 6.42 Å². The van der Waals surface area contributed by atoms with Gasteiger partial charge >= 0.3 is 11.7 Å². The molecule has 0 aliphatic rings. The van der Waals surface area contributed by atoms with Crippen LogP contribution >= 0.6 is 11.3 Å². The van der Waals surface area contributed by atoms with E-state index < -0.39 is 10.9 Å². The molecule has 2 heterocycles. The molecule has 0 aliphatic heterocycles. The maximum atomic E-state index is 11.1. The minimum Gasteiger partial charge on any atom is -0.478 e. The maximum Gasteiger partial charge on any atom is 0.337 e. The third kappa shape index (κ3) is 3.54. The number of hydrogen-bond acceptors (Lipinski definition) is 6. The first-order chi connectivity index (χ1) is 9.99. The van der Waals surface area contributed by atoms with Gasteiger partial charge in [0.25, 0.3) is 0 Å². The highest BCUT2D eigenvalue weighted by atomic mass is 32.1. The fourth-order valence-corrected chi connectivity index (χ4v) is 2.53. The molecule has 0 bridgehead atoms. The normalized spacial score (nSPS) is 10.3. The molecule has 0 amide bonds. The number of carboxylic acid groups (broad SMARTS) is 1. The van der Waals surface area contributed by atoms with Crippen LogP contribution in [0.1, 0.15) is 15.2 Å². The molecule has 0 saturated carbocycles. The summed E-state index contributed by atoms with van der Waals surface area (Å²) in [6, 6.07) is 4.97. The van der Waals surface area contributed by atoms with E-state index in [4.69, 9.17) is 5.11 Å².